The van der Waals surface area contributed by atoms with Gasteiger partial charge in [-0.1, -0.05) is 53.7 Å². The Hall–Kier alpha value is -3.05. The summed E-state index contributed by atoms with van der Waals surface area (Å²) in [6.45, 7) is 1.58. The summed E-state index contributed by atoms with van der Waals surface area (Å²) in [5, 5.41) is 0. The van der Waals surface area contributed by atoms with Crippen molar-refractivity contribution >= 4 is 35.0 Å². The van der Waals surface area contributed by atoms with Crippen molar-refractivity contribution < 1.29 is 14.3 Å². The topological polar surface area (TPSA) is 46.6 Å². The van der Waals surface area contributed by atoms with Crippen molar-refractivity contribution in [3.63, 3.8) is 0 Å². The van der Waals surface area contributed by atoms with Crippen LogP contribution in [0, 0.1) is 6.92 Å². The first-order chi connectivity index (χ1) is 13.1. The molecule has 0 radical (unpaired) electrons. The minimum Gasteiger partial charge on any atom is -0.452 e. The van der Waals surface area contributed by atoms with Gasteiger partial charge < -0.3 is 4.74 Å². The lowest BCUT2D eigenvalue weighted by molar-refractivity contribution is -0.121. The molecule has 0 unspecified atom stereocenters. The summed E-state index contributed by atoms with van der Waals surface area (Å²) < 4.78 is 5.29. The van der Waals surface area contributed by atoms with Crippen LogP contribution in [0.2, 0.25) is 0 Å². The van der Waals surface area contributed by atoms with E-state index in [-0.39, 0.29) is 12.5 Å². The molecule has 0 fully saturated rings. The average molecular weight is 375 g/mol. The second kappa shape index (κ2) is 7.29. The van der Waals surface area contributed by atoms with Crippen molar-refractivity contribution in [2.75, 3.05) is 11.5 Å². The number of benzene rings is 3. The number of hydrogen-bond acceptors (Lipinski definition) is 4. The predicted octanol–water partition coefficient (Wildman–Crippen LogP) is 4.98. The van der Waals surface area contributed by atoms with Gasteiger partial charge in [-0.25, -0.2) is 4.79 Å². The zero-order valence-corrected chi connectivity index (χ0v) is 15.5. The second-order valence-corrected chi connectivity index (χ2v) is 7.30. The molecular formula is C22H17NO3S. The summed E-state index contributed by atoms with van der Waals surface area (Å²) in [7, 11) is 0. The van der Waals surface area contributed by atoms with Crippen molar-refractivity contribution in [1.29, 1.82) is 0 Å². The molecule has 0 atom stereocenters. The van der Waals surface area contributed by atoms with E-state index in [0.717, 1.165) is 26.7 Å². The van der Waals surface area contributed by atoms with Gasteiger partial charge >= 0.3 is 5.97 Å². The van der Waals surface area contributed by atoms with E-state index in [1.54, 1.807) is 34.9 Å². The van der Waals surface area contributed by atoms with Gasteiger partial charge in [0.1, 0.15) is 0 Å². The first-order valence-electron chi connectivity index (χ1n) is 8.56. The average Bonchev–Trinajstić information content (AvgIpc) is 2.70. The summed E-state index contributed by atoms with van der Waals surface area (Å²) in [5.41, 5.74) is 3.01. The lowest BCUT2D eigenvalue weighted by Crippen LogP contribution is -2.32. The van der Waals surface area contributed by atoms with Gasteiger partial charge in [-0.2, -0.15) is 0 Å². The quantitative estimate of drug-likeness (QED) is 0.606. The van der Waals surface area contributed by atoms with Crippen LogP contribution in [0.15, 0.2) is 82.6 Å². The summed E-state index contributed by atoms with van der Waals surface area (Å²) in [6, 6.07) is 22.6. The van der Waals surface area contributed by atoms with Gasteiger partial charge in [0.2, 0.25) is 0 Å². The maximum atomic E-state index is 13.0. The molecule has 1 heterocycles. The number of anilines is 2. The highest BCUT2D eigenvalue weighted by Crippen LogP contribution is 2.47. The first kappa shape index (κ1) is 17.4. The van der Waals surface area contributed by atoms with E-state index in [2.05, 4.69) is 0 Å². The van der Waals surface area contributed by atoms with Crippen LogP contribution in [0.3, 0.4) is 0 Å². The molecule has 0 aliphatic carbocycles. The molecule has 1 aliphatic heterocycles. The predicted molar refractivity (Wildman–Crippen MR) is 106 cm³/mol. The maximum absolute atomic E-state index is 13.0. The number of ether oxygens (including phenoxy) is 1. The van der Waals surface area contributed by atoms with Gasteiger partial charge in [-0.3, -0.25) is 9.69 Å². The monoisotopic (exact) mass is 375 g/mol. The molecule has 5 heteroatoms. The smallest absolute Gasteiger partial charge is 0.338 e. The van der Waals surface area contributed by atoms with Crippen molar-refractivity contribution in [2.45, 2.75) is 16.7 Å². The molecule has 27 heavy (non-hydrogen) atoms. The van der Waals surface area contributed by atoms with Gasteiger partial charge in [-0.05, 0) is 43.3 Å². The highest BCUT2D eigenvalue weighted by molar-refractivity contribution is 7.99. The van der Waals surface area contributed by atoms with Gasteiger partial charge in [0.25, 0.3) is 5.91 Å². The van der Waals surface area contributed by atoms with Crippen LogP contribution in [0.4, 0.5) is 11.4 Å². The van der Waals surface area contributed by atoms with Crippen LogP contribution < -0.4 is 4.90 Å². The van der Waals surface area contributed by atoms with E-state index in [9.17, 15) is 9.59 Å². The molecule has 0 saturated heterocycles. The fourth-order valence-electron chi connectivity index (χ4n) is 3.02. The third-order valence-corrected chi connectivity index (χ3v) is 5.39. The fourth-order valence-corrected chi connectivity index (χ4v) is 4.08. The molecule has 4 nitrogen and oxygen atoms in total. The Labute approximate surface area is 161 Å². The number of esters is 1. The van der Waals surface area contributed by atoms with Gasteiger partial charge in [-0.15, -0.1) is 0 Å². The number of fused-ring (bicyclic) bond motifs is 2. The third-order valence-electron chi connectivity index (χ3n) is 4.26. The van der Waals surface area contributed by atoms with E-state index in [1.807, 2.05) is 61.5 Å². The van der Waals surface area contributed by atoms with Crippen LogP contribution in [0.25, 0.3) is 0 Å². The molecule has 0 saturated carbocycles. The Morgan fingerprint density at radius 1 is 0.889 bits per heavy atom. The number of carbonyl (C=O) groups excluding carboxylic acids is 2. The third kappa shape index (κ3) is 3.46. The Bertz CT molecular complexity index is 986. The first-order valence-corrected chi connectivity index (χ1v) is 9.38. The standard InChI is InChI=1S/C22H17NO3S/c1-15-7-6-8-16(13-15)22(25)26-14-21(24)23-17-9-2-4-11-19(17)27-20-12-5-3-10-18(20)23/h2-13H,14H2,1H3. The highest BCUT2D eigenvalue weighted by Gasteiger charge is 2.28. The zero-order valence-electron chi connectivity index (χ0n) is 14.7. The number of hydrogen-bond donors (Lipinski definition) is 0. The number of nitrogens with zero attached hydrogens (tertiary/aromatic N) is 1. The summed E-state index contributed by atoms with van der Waals surface area (Å²) in [5.74, 6) is -0.781. The van der Waals surface area contributed by atoms with E-state index < -0.39 is 5.97 Å². The van der Waals surface area contributed by atoms with Crippen LogP contribution in [-0.2, 0) is 9.53 Å². The van der Waals surface area contributed by atoms with E-state index in [4.69, 9.17) is 4.74 Å². The largest absolute Gasteiger partial charge is 0.452 e. The molecule has 1 amide bonds. The van der Waals surface area contributed by atoms with Crippen molar-refractivity contribution in [3.8, 4) is 0 Å². The lowest BCUT2D eigenvalue weighted by atomic mass is 10.1. The van der Waals surface area contributed by atoms with Crippen LogP contribution in [0.1, 0.15) is 15.9 Å². The van der Waals surface area contributed by atoms with E-state index in [1.165, 1.54) is 0 Å². The summed E-state index contributed by atoms with van der Waals surface area (Å²) >= 11 is 1.62. The Kier molecular flexibility index (Phi) is 4.69. The molecule has 3 aromatic rings. The van der Waals surface area contributed by atoms with Crippen molar-refractivity contribution in [3.05, 3.63) is 83.9 Å². The molecule has 4 rings (SSSR count). The van der Waals surface area contributed by atoms with Gasteiger partial charge in [0, 0.05) is 9.79 Å². The minimum atomic E-state index is -0.500. The van der Waals surface area contributed by atoms with Gasteiger partial charge in [0.05, 0.1) is 16.9 Å². The molecule has 0 spiro atoms. The molecule has 134 valence electrons. The number of rotatable bonds is 3. The molecular weight excluding hydrogens is 358 g/mol. The van der Waals surface area contributed by atoms with Crippen LogP contribution in [0.5, 0.6) is 0 Å². The molecule has 0 aromatic heterocycles. The number of para-hydroxylation sites is 2. The second-order valence-electron chi connectivity index (χ2n) is 6.21. The van der Waals surface area contributed by atoms with E-state index >= 15 is 0 Å². The normalized spacial score (nSPS) is 12.1. The zero-order chi connectivity index (χ0) is 18.8. The van der Waals surface area contributed by atoms with Crippen molar-refractivity contribution in [1.82, 2.24) is 0 Å². The van der Waals surface area contributed by atoms with Crippen LogP contribution >= 0.6 is 11.8 Å². The Morgan fingerprint density at radius 2 is 1.52 bits per heavy atom. The van der Waals surface area contributed by atoms with Crippen molar-refractivity contribution in [2.24, 2.45) is 0 Å². The molecule has 1 aliphatic rings. The molecule has 3 aromatic carbocycles. The SMILES string of the molecule is Cc1cccc(C(=O)OCC(=O)N2c3ccccc3Sc3ccccc32)c1. The Balaban J connectivity index is 1.58. The molecule has 0 N–H and O–H groups in total. The number of carbonyl (C=O) groups is 2. The highest BCUT2D eigenvalue weighted by atomic mass is 32.2. The number of amides is 1. The number of aryl methyl sites for hydroxylation is 1. The lowest BCUT2D eigenvalue weighted by Gasteiger charge is -2.30. The Morgan fingerprint density at radius 3 is 2.15 bits per heavy atom. The summed E-state index contributed by atoms with van der Waals surface area (Å²) in [6.07, 6.45) is 0. The summed E-state index contributed by atoms with van der Waals surface area (Å²) in [4.78, 5) is 28.9. The maximum Gasteiger partial charge on any atom is 0.338 e. The van der Waals surface area contributed by atoms with Crippen LogP contribution in [-0.4, -0.2) is 18.5 Å². The van der Waals surface area contributed by atoms with Gasteiger partial charge in [0.15, 0.2) is 6.61 Å². The molecule has 0 bridgehead atoms. The fraction of sp³-hybridized carbons (Fsp3) is 0.0909. The van der Waals surface area contributed by atoms with E-state index in [0.29, 0.717) is 5.56 Å². The minimum absolute atomic E-state index is 0.281.